The number of fused-ring (bicyclic) bond motifs is 1. The third-order valence-electron chi connectivity index (χ3n) is 5.08. The number of anilines is 1. The van der Waals surface area contributed by atoms with Crippen molar-refractivity contribution in [3.8, 4) is 0 Å². The average Bonchev–Trinajstić information content (AvgIpc) is 3.34. The molecule has 0 saturated carbocycles. The molecule has 0 aromatic heterocycles. The number of amides is 2. The molecule has 28 heavy (non-hydrogen) atoms. The number of benzene rings is 2. The fraction of sp³-hybridized carbons (Fsp3) is 0.300. The van der Waals surface area contributed by atoms with Crippen LogP contribution in [0.1, 0.15) is 30.0 Å². The van der Waals surface area contributed by atoms with E-state index in [0.29, 0.717) is 29.9 Å². The summed E-state index contributed by atoms with van der Waals surface area (Å²) >= 11 is 0. The quantitative estimate of drug-likeness (QED) is 0.802. The summed E-state index contributed by atoms with van der Waals surface area (Å²) in [7, 11) is -3.96. The largest absolute Gasteiger partial charge is 0.341 e. The number of nitrogens with one attached hydrogen (secondary N) is 2. The van der Waals surface area contributed by atoms with Gasteiger partial charge in [-0.25, -0.2) is 8.42 Å². The molecule has 2 N–H and O–H groups in total. The number of hydrogen-bond acceptors (Lipinski definition) is 4. The van der Waals surface area contributed by atoms with Gasteiger partial charge in [0.1, 0.15) is 6.04 Å². The predicted molar refractivity (Wildman–Crippen MR) is 104 cm³/mol. The summed E-state index contributed by atoms with van der Waals surface area (Å²) in [5, 5.41) is 2.68. The van der Waals surface area contributed by atoms with Crippen LogP contribution in [0.5, 0.6) is 0 Å². The summed E-state index contributed by atoms with van der Waals surface area (Å²) in [6.07, 6.45) is 1.99. The van der Waals surface area contributed by atoms with Crippen molar-refractivity contribution in [3.63, 3.8) is 0 Å². The predicted octanol–water partition coefficient (Wildman–Crippen LogP) is 1.82. The Labute approximate surface area is 163 Å². The van der Waals surface area contributed by atoms with Gasteiger partial charge in [-0.3, -0.25) is 9.59 Å². The van der Waals surface area contributed by atoms with Crippen LogP contribution in [0.2, 0.25) is 0 Å². The molecule has 146 valence electrons. The van der Waals surface area contributed by atoms with E-state index in [-0.39, 0.29) is 23.1 Å². The van der Waals surface area contributed by atoms with Gasteiger partial charge in [-0.2, -0.15) is 4.72 Å². The molecule has 4 rings (SSSR count). The van der Waals surface area contributed by atoms with Gasteiger partial charge in [0.05, 0.1) is 11.3 Å². The van der Waals surface area contributed by atoms with Crippen LogP contribution in [0.15, 0.2) is 53.4 Å². The monoisotopic (exact) mass is 399 g/mol. The smallest absolute Gasteiger partial charge is 0.245 e. The minimum absolute atomic E-state index is 0.0397. The van der Waals surface area contributed by atoms with Crippen molar-refractivity contribution < 1.29 is 18.0 Å². The molecule has 0 aliphatic carbocycles. The molecule has 1 saturated heterocycles. The van der Waals surface area contributed by atoms with Gasteiger partial charge in [0, 0.05) is 18.8 Å². The SMILES string of the molecule is O=C1Cc2cc(S(=O)(=O)N[C@H](C(=O)N3CCCC3)c3ccccc3)ccc2N1. The van der Waals surface area contributed by atoms with E-state index in [4.69, 9.17) is 0 Å². The van der Waals surface area contributed by atoms with Crippen LogP contribution in [0.3, 0.4) is 0 Å². The number of hydrogen-bond donors (Lipinski definition) is 2. The maximum absolute atomic E-state index is 13.0. The van der Waals surface area contributed by atoms with Crippen molar-refractivity contribution in [1.29, 1.82) is 0 Å². The highest BCUT2D eigenvalue weighted by molar-refractivity contribution is 7.89. The second kappa shape index (κ2) is 7.37. The highest BCUT2D eigenvalue weighted by Crippen LogP contribution is 2.27. The molecule has 8 heteroatoms. The van der Waals surface area contributed by atoms with Crippen molar-refractivity contribution >= 4 is 27.5 Å². The molecule has 1 atom stereocenters. The van der Waals surface area contributed by atoms with E-state index in [0.717, 1.165) is 12.8 Å². The molecule has 0 unspecified atom stereocenters. The van der Waals surface area contributed by atoms with Crippen molar-refractivity contribution in [3.05, 3.63) is 59.7 Å². The standard InChI is InChI=1S/C20H21N3O4S/c24-18-13-15-12-16(8-9-17(15)21-18)28(26,27)22-19(14-6-2-1-3-7-14)20(25)23-10-4-5-11-23/h1-3,6-9,12,19,22H,4-5,10-11,13H2,(H,21,24)/t19-/m0/s1. The molecule has 0 spiro atoms. The number of nitrogens with zero attached hydrogens (tertiary/aromatic N) is 1. The molecular weight excluding hydrogens is 378 g/mol. The van der Waals surface area contributed by atoms with Gasteiger partial charge in [-0.05, 0) is 42.2 Å². The highest BCUT2D eigenvalue weighted by atomic mass is 32.2. The maximum atomic E-state index is 13.0. The Bertz CT molecular complexity index is 1020. The maximum Gasteiger partial charge on any atom is 0.245 e. The van der Waals surface area contributed by atoms with E-state index in [9.17, 15) is 18.0 Å². The van der Waals surface area contributed by atoms with Gasteiger partial charge in [0.25, 0.3) is 0 Å². The van der Waals surface area contributed by atoms with E-state index < -0.39 is 16.1 Å². The van der Waals surface area contributed by atoms with E-state index in [1.165, 1.54) is 12.1 Å². The van der Waals surface area contributed by atoms with Gasteiger partial charge in [0.2, 0.25) is 21.8 Å². The fourth-order valence-electron chi connectivity index (χ4n) is 3.62. The lowest BCUT2D eigenvalue weighted by atomic mass is 10.1. The second-order valence-electron chi connectivity index (χ2n) is 7.04. The molecule has 2 aliphatic heterocycles. The molecule has 2 aromatic rings. The summed E-state index contributed by atoms with van der Waals surface area (Å²) in [6, 6.07) is 12.4. The molecule has 2 aliphatic rings. The first-order valence-corrected chi connectivity index (χ1v) is 10.7. The Kier molecular flexibility index (Phi) is 4.91. The first-order valence-electron chi connectivity index (χ1n) is 9.23. The average molecular weight is 399 g/mol. The van der Waals surface area contributed by atoms with Crippen LogP contribution in [0.4, 0.5) is 5.69 Å². The van der Waals surface area contributed by atoms with E-state index in [2.05, 4.69) is 10.0 Å². The minimum atomic E-state index is -3.96. The lowest BCUT2D eigenvalue weighted by Crippen LogP contribution is -2.41. The molecule has 2 amide bonds. The van der Waals surface area contributed by atoms with Crippen molar-refractivity contribution in [2.45, 2.75) is 30.2 Å². The van der Waals surface area contributed by atoms with Crippen molar-refractivity contribution in [2.24, 2.45) is 0 Å². The number of rotatable bonds is 5. The third-order valence-corrected chi connectivity index (χ3v) is 6.50. The van der Waals surface area contributed by atoms with Crippen LogP contribution in [-0.2, 0) is 26.0 Å². The second-order valence-corrected chi connectivity index (χ2v) is 8.76. The van der Waals surface area contributed by atoms with Gasteiger partial charge < -0.3 is 10.2 Å². The fourth-order valence-corrected chi connectivity index (χ4v) is 4.85. The summed E-state index contributed by atoms with van der Waals surface area (Å²) < 4.78 is 28.6. The molecule has 0 radical (unpaired) electrons. The molecule has 2 heterocycles. The third kappa shape index (κ3) is 3.65. The van der Waals surface area contributed by atoms with Crippen molar-refractivity contribution in [1.82, 2.24) is 9.62 Å². The minimum Gasteiger partial charge on any atom is -0.341 e. The van der Waals surface area contributed by atoms with Crippen LogP contribution in [0.25, 0.3) is 0 Å². The number of sulfonamides is 1. The first-order chi connectivity index (χ1) is 13.4. The van der Waals surface area contributed by atoms with Crippen LogP contribution >= 0.6 is 0 Å². The van der Waals surface area contributed by atoms with Gasteiger partial charge in [0.15, 0.2) is 0 Å². The zero-order valence-corrected chi connectivity index (χ0v) is 16.0. The molecular formula is C20H21N3O4S. The summed E-state index contributed by atoms with van der Waals surface area (Å²) in [5.41, 5.74) is 1.85. The van der Waals surface area contributed by atoms with E-state index >= 15 is 0 Å². The lowest BCUT2D eigenvalue weighted by Gasteiger charge is -2.24. The van der Waals surface area contributed by atoms with Crippen LogP contribution < -0.4 is 10.0 Å². The summed E-state index contributed by atoms with van der Waals surface area (Å²) in [4.78, 5) is 26.3. The van der Waals surface area contributed by atoms with Crippen LogP contribution in [-0.4, -0.2) is 38.2 Å². The van der Waals surface area contributed by atoms with Crippen molar-refractivity contribution in [2.75, 3.05) is 18.4 Å². The molecule has 0 bridgehead atoms. The van der Waals surface area contributed by atoms with E-state index in [1.54, 1.807) is 35.2 Å². The lowest BCUT2D eigenvalue weighted by molar-refractivity contribution is -0.132. The zero-order chi connectivity index (χ0) is 19.7. The number of likely N-dealkylation sites (tertiary alicyclic amines) is 1. The number of carbonyl (C=O) groups is 2. The van der Waals surface area contributed by atoms with Crippen LogP contribution in [0, 0.1) is 0 Å². The van der Waals surface area contributed by atoms with Gasteiger partial charge in [-0.1, -0.05) is 30.3 Å². The molecule has 7 nitrogen and oxygen atoms in total. The Balaban J connectivity index is 1.65. The first kappa shape index (κ1) is 18.6. The molecule has 1 fully saturated rings. The Morgan fingerprint density at radius 1 is 1.07 bits per heavy atom. The Hall–Kier alpha value is -2.71. The molecule has 2 aromatic carbocycles. The van der Waals surface area contributed by atoms with Gasteiger partial charge in [-0.15, -0.1) is 0 Å². The Morgan fingerprint density at radius 3 is 2.50 bits per heavy atom. The number of carbonyl (C=O) groups excluding carboxylic acids is 2. The summed E-state index contributed by atoms with van der Waals surface area (Å²) in [5.74, 6) is -0.408. The van der Waals surface area contributed by atoms with E-state index in [1.807, 2.05) is 6.07 Å². The summed E-state index contributed by atoms with van der Waals surface area (Å²) in [6.45, 7) is 1.27. The highest BCUT2D eigenvalue weighted by Gasteiger charge is 2.32. The topological polar surface area (TPSA) is 95.6 Å². The van der Waals surface area contributed by atoms with Gasteiger partial charge >= 0.3 is 0 Å². The zero-order valence-electron chi connectivity index (χ0n) is 15.2. The normalized spacial score (nSPS) is 17.3. The Morgan fingerprint density at radius 2 is 1.79 bits per heavy atom.